The van der Waals surface area contributed by atoms with Crippen LogP contribution in [0.2, 0.25) is 0 Å². The van der Waals surface area contributed by atoms with Crippen LogP contribution in [-0.4, -0.2) is 46.1 Å². The molecule has 9 nitrogen and oxygen atoms in total. The number of carboxylic acid groups (broad SMARTS) is 1. The van der Waals surface area contributed by atoms with Crippen molar-refractivity contribution in [2.24, 2.45) is 5.73 Å². The van der Waals surface area contributed by atoms with Crippen molar-refractivity contribution in [3.05, 3.63) is 64.5 Å². The number of carbonyl (C=O) groups excluding carboxylic acids is 1. The van der Waals surface area contributed by atoms with Gasteiger partial charge in [0.25, 0.3) is 0 Å². The van der Waals surface area contributed by atoms with Crippen molar-refractivity contribution in [3.63, 3.8) is 0 Å². The topological polar surface area (TPSA) is 128 Å². The van der Waals surface area contributed by atoms with Gasteiger partial charge in [-0.05, 0) is 75.6 Å². The van der Waals surface area contributed by atoms with E-state index in [0.717, 1.165) is 28.0 Å². The molecule has 2 aromatic carbocycles. The Hall–Kier alpha value is -3.85. The van der Waals surface area contributed by atoms with E-state index in [1.54, 1.807) is 7.11 Å². The number of carbonyl (C=O) groups is 2. The summed E-state index contributed by atoms with van der Waals surface area (Å²) in [5, 5.41) is 9.41. The standard InChI is InChI=1S/C27H33N3O6/c1-16-11-19(12-17(2)24(16)36-27(4,5)26(32)33)13-30(15-23(28)31)14-22-18(3)35-25(29-22)20-7-9-21(34-6)10-8-20/h7-12H,13-15H2,1-6H3,(H2,28,31)(H,32,33). The second-order valence-corrected chi connectivity index (χ2v) is 9.34. The van der Waals surface area contributed by atoms with E-state index in [9.17, 15) is 14.7 Å². The highest BCUT2D eigenvalue weighted by molar-refractivity contribution is 5.77. The molecule has 36 heavy (non-hydrogen) atoms. The van der Waals surface area contributed by atoms with E-state index in [1.165, 1.54) is 13.8 Å². The predicted octanol–water partition coefficient (Wildman–Crippen LogP) is 4.00. The molecule has 1 amide bonds. The van der Waals surface area contributed by atoms with Crippen LogP contribution in [0.5, 0.6) is 11.5 Å². The van der Waals surface area contributed by atoms with Gasteiger partial charge in [0.2, 0.25) is 11.8 Å². The minimum Gasteiger partial charge on any atom is -0.497 e. The summed E-state index contributed by atoms with van der Waals surface area (Å²) in [7, 11) is 1.61. The van der Waals surface area contributed by atoms with Gasteiger partial charge < -0.3 is 24.7 Å². The summed E-state index contributed by atoms with van der Waals surface area (Å²) in [4.78, 5) is 29.9. The second kappa shape index (κ2) is 10.8. The Bertz CT molecular complexity index is 1220. The predicted molar refractivity (Wildman–Crippen MR) is 135 cm³/mol. The average molecular weight is 496 g/mol. The molecule has 0 aliphatic heterocycles. The Morgan fingerprint density at radius 2 is 1.69 bits per heavy atom. The van der Waals surface area contributed by atoms with Crippen LogP contribution in [0.3, 0.4) is 0 Å². The van der Waals surface area contributed by atoms with Crippen LogP contribution in [0, 0.1) is 20.8 Å². The van der Waals surface area contributed by atoms with Crippen molar-refractivity contribution in [1.82, 2.24) is 9.88 Å². The molecule has 0 aliphatic rings. The number of oxazole rings is 1. The maximum atomic E-state index is 11.8. The van der Waals surface area contributed by atoms with Crippen molar-refractivity contribution < 1.29 is 28.6 Å². The zero-order valence-electron chi connectivity index (χ0n) is 21.5. The number of carboxylic acids is 1. The molecule has 3 aromatic rings. The van der Waals surface area contributed by atoms with Gasteiger partial charge in [0.15, 0.2) is 5.60 Å². The zero-order chi connectivity index (χ0) is 26.6. The Kier molecular flexibility index (Phi) is 8.04. The molecule has 0 spiro atoms. The van der Waals surface area contributed by atoms with Gasteiger partial charge in [-0.3, -0.25) is 9.69 Å². The molecular weight excluding hydrogens is 462 g/mol. The molecule has 0 aliphatic carbocycles. The lowest BCUT2D eigenvalue weighted by Crippen LogP contribution is -2.38. The number of aliphatic carboxylic acids is 1. The molecule has 1 aromatic heterocycles. The lowest BCUT2D eigenvalue weighted by molar-refractivity contribution is -0.152. The molecule has 0 saturated carbocycles. The Balaban J connectivity index is 1.82. The molecule has 0 atom stereocenters. The molecule has 192 valence electrons. The number of methoxy groups -OCH3 is 1. The number of ether oxygens (including phenoxy) is 2. The molecular formula is C27H33N3O6. The molecule has 0 saturated heterocycles. The van der Waals surface area contributed by atoms with Crippen LogP contribution in [0.25, 0.3) is 11.5 Å². The minimum atomic E-state index is -1.36. The summed E-state index contributed by atoms with van der Waals surface area (Å²) in [5.41, 5.74) is 8.24. The highest BCUT2D eigenvalue weighted by Crippen LogP contribution is 2.30. The first kappa shape index (κ1) is 26.7. The molecule has 3 rings (SSSR count). The Morgan fingerprint density at radius 3 is 2.22 bits per heavy atom. The van der Waals surface area contributed by atoms with Gasteiger partial charge in [0.1, 0.15) is 17.3 Å². The Labute approximate surface area is 210 Å². The Morgan fingerprint density at radius 1 is 1.08 bits per heavy atom. The van der Waals surface area contributed by atoms with Crippen LogP contribution < -0.4 is 15.2 Å². The largest absolute Gasteiger partial charge is 0.497 e. The number of rotatable bonds is 11. The number of nitrogens with zero attached hydrogens (tertiary/aromatic N) is 2. The van der Waals surface area contributed by atoms with Gasteiger partial charge in [0, 0.05) is 18.7 Å². The molecule has 0 bridgehead atoms. The van der Waals surface area contributed by atoms with Gasteiger partial charge in [0.05, 0.1) is 19.3 Å². The van der Waals surface area contributed by atoms with Gasteiger partial charge in [-0.1, -0.05) is 12.1 Å². The smallest absolute Gasteiger partial charge is 0.347 e. The third kappa shape index (κ3) is 6.42. The van der Waals surface area contributed by atoms with Crippen LogP contribution in [0.1, 0.15) is 42.0 Å². The molecule has 3 N–H and O–H groups in total. The highest BCUT2D eigenvalue weighted by Gasteiger charge is 2.30. The van der Waals surface area contributed by atoms with E-state index in [0.29, 0.717) is 36.2 Å². The van der Waals surface area contributed by atoms with E-state index in [1.807, 2.05) is 62.1 Å². The quantitative estimate of drug-likeness (QED) is 0.408. The number of aromatic nitrogens is 1. The monoisotopic (exact) mass is 495 g/mol. The number of hydrogen-bond acceptors (Lipinski definition) is 7. The van der Waals surface area contributed by atoms with E-state index in [2.05, 4.69) is 4.98 Å². The fourth-order valence-electron chi connectivity index (χ4n) is 3.88. The molecule has 9 heteroatoms. The average Bonchev–Trinajstić information content (AvgIpc) is 3.16. The van der Waals surface area contributed by atoms with Gasteiger partial charge in [-0.15, -0.1) is 0 Å². The maximum absolute atomic E-state index is 11.8. The summed E-state index contributed by atoms with van der Waals surface area (Å²) in [6, 6.07) is 11.3. The number of amides is 1. The van der Waals surface area contributed by atoms with Crippen molar-refractivity contribution in [2.45, 2.75) is 53.3 Å². The number of nitrogens with two attached hydrogens (primary N) is 1. The summed E-state index contributed by atoms with van der Waals surface area (Å²) in [5.74, 6) is 0.909. The van der Waals surface area contributed by atoms with Crippen LogP contribution in [0.4, 0.5) is 0 Å². The normalized spacial score (nSPS) is 11.5. The lowest BCUT2D eigenvalue weighted by Gasteiger charge is -2.25. The van der Waals surface area contributed by atoms with Crippen LogP contribution in [-0.2, 0) is 22.7 Å². The number of aryl methyl sites for hydroxylation is 3. The minimum absolute atomic E-state index is 0.0343. The second-order valence-electron chi connectivity index (χ2n) is 9.34. The van der Waals surface area contributed by atoms with Crippen molar-refractivity contribution in [1.29, 1.82) is 0 Å². The first-order valence-electron chi connectivity index (χ1n) is 11.5. The van der Waals surface area contributed by atoms with E-state index in [-0.39, 0.29) is 6.54 Å². The molecule has 1 heterocycles. The van der Waals surface area contributed by atoms with Gasteiger partial charge >= 0.3 is 5.97 Å². The molecule has 0 radical (unpaired) electrons. The lowest BCUT2D eigenvalue weighted by atomic mass is 10.0. The van der Waals surface area contributed by atoms with Crippen molar-refractivity contribution in [2.75, 3.05) is 13.7 Å². The molecule has 0 unspecified atom stereocenters. The SMILES string of the molecule is COc1ccc(-c2nc(CN(CC(N)=O)Cc3cc(C)c(OC(C)(C)C(=O)O)c(C)c3)c(C)o2)cc1. The van der Waals surface area contributed by atoms with E-state index in [4.69, 9.17) is 19.6 Å². The highest BCUT2D eigenvalue weighted by atomic mass is 16.5. The molecule has 0 fully saturated rings. The van der Waals surface area contributed by atoms with E-state index < -0.39 is 17.5 Å². The van der Waals surface area contributed by atoms with Crippen molar-refractivity contribution >= 4 is 11.9 Å². The zero-order valence-corrected chi connectivity index (χ0v) is 21.5. The summed E-state index contributed by atoms with van der Waals surface area (Å²) in [6.07, 6.45) is 0. The number of hydrogen-bond donors (Lipinski definition) is 2. The fraction of sp³-hybridized carbons (Fsp3) is 0.370. The maximum Gasteiger partial charge on any atom is 0.347 e. The number of benzene rings is 2. The fourth-order valence-corrected chi connectivity index (χ4v) is 3.88. The van der Waals surface area contributed by atoms with Gasteiger partial charge in [-0.25, -0.2) is 9.78 Å². The summed E-state index contributed by atoms with van der Waals surface area (Å²) in [6.45, 7) is 9.41. The number of primary amides is 1. The van der Waals surface area contributed by atoms with E-state index >= 15 is 0 Å². The summed E-state index contributed by atoms with van der Waals surface area (Å²) < 4.78 is 16.9. The van der Waals surface area contributed by atoms with Crippen LogP contribution >= 0.6 is 0 Å². The van der Waals surface area contributed by atoms with Crippen LogP contribution in [0.15, 0.2) is 40.8 Å². The summed E-state index contributed by atoms with van der Waals surface area (Å²) >= 11 is 0. The van der Waals surface area contributed by atoms with Gasteiger partial charge in [-0.2, -0.15) is 0 Å². The third-order valence-corrected chi connectivity index (χ3v) is 5.78. The first-order chi connectivity index (χ1) is 16.9. The van der Waals surface area contributed by atoms with Crippen molar-refractivity contribution in [3.8, 4) is 23.0 Å². The third-order valence-electron chi connectivity index (χ3n) is 5.78. The first-order valence-corrected chi connectivity index (χ1v) is 11.5.